The monoisotopic (exact) mass is 289 g/mol. The molecule has 1 heterocycles. The summed E-state index contributed by atoms with van der Waals surface area (Å²) in [4.78, 5) is 14.7. The fraction of sp³-hybridized carbons (Fsp3) is 0.588. The van der Waals surface area contributed by atoms with Crippen molar-refractivity contribution in [3.8, 4) is 0 Å². The third-order valence-electron chi connectivity index (χ3n) is 4.04. The lowest BCUT2D eigenvalue weighted by Gasteiger charge is -2.26. The number of hydrogen-bond donors (Lipinski definition) is 2. The molecule has 1 amide bonds. The number of carbonyl (C=O) groups excluding carboxylic acids is 1. The van der Waals surface area contributed by atoms with Gasteiger partial charge >= 0.3 is 0 Å². The molecule has 0 saturated carbocycles. The quantitative estimate of drug-likeness (QED) is 0.839. The van der Waals surface area contributed by atoms with E-state index in [-0.39, 0.29) is 11.9 Å². The van der Waals surface area contributed by atoms with Crippen molar-refractivity contribution in [1.82, 2.24) is 15.5 Å². The van der Waals surface area contributed by atoms with E-state index in [9.17, 15) is 4.79 Å². The van der Waals surface area contributed by atoms with Crippen molar-refractivity contribution in [3.05, 3.63) is 35.9 Å². The van der Waals surface area contributed by atoms with Gasteiger partial charge in [-0.15, -0.1) is 0 Å². The zero-order chi connectivity index (χ0) is 15.3. The molecule has 1 aliphatic heterocycles. The Morgan fingerprint density at radius 1 is 1.33 bits per heavy atom. The van der Waals surface area contributed by atoms with Gasteiger partial charge in [-0.25, -0.2) is 0 Å². The number of likely N-dealkylation sites (tertiary alicyclic amines) is 1. The van der Waals surface area contributed by atoms with Crippen molar-refractivity contribution < 1.29 is 4.79 Å². The molecule has 1 aromatic carbocycles. The second kappa shape index (κ2) is 7.05. The lowest BCUT2D eigenvalue weighted by molar-refractivity contribution is -0.127. The fourth-order valence-electron chi connectivity index (χ4n) is 2.82. The molecule has 0 bridgehead atoms. The Morgan fingerprint density at radius 2 is 2.05 bits per heavy atom. The third kappa shape index (κ3) is 4.55. The lowest BCUT2D eigenvalue weighted by Crippen LogP contribution is -2.55. The minimum atomic E-state index is -0.498. The molecule has 0 spiro atoms. The molecule has 0 aliphatic carbocycles. The number of nitrogens with zero attached hydrogens (tertiary/aromatic N) is 1. The number of rotatable bonds is 6. The fourth-order valence-corrected chi connectivity index (χ4v) is 2.82. The smallest absolute Gasteiger partial charge is 0.239 e. The van der Waals surface area contributed by atoms with E-state index in [1.54, 1.807) is 0 Å². The van der Waals surface area contributed by atoms with E-state index in [0.29, 0.717) is 0 Å². The maximum atomic E-state index is 12.3. The first-order valence-corrected chi connectivity index (χ1v) is 7.83. The molecule has 116 valence electrons. The number of nitrogens with one attached hydrogen (secondary N) is 2. The molecule has 21 heavy (non-hydrogen) atoms. The Hall–Kier alpha value is -1.39. The van der Waals surface area contributed by atoms with Crippen LogP contribution in [0.4, 0.5) is 0 Å². The van der Waals surface area contributed by atoms with Crippen LogP contribution in [0.1, 0.15) is 32.8 Å². The average molecular weight is 289 g/mol. The van der Waals surface area contributed by atoms with Crippen LogP contribution < -0.4 is 10.6 Å². The average Bonchev–Trinajstić information content (AvgIpc) is 2.87. The SMILES string of the molecule is CCNC(C)(C)C(=O)NC1CCN(Cc2ccccc2)C1. The van der Waals surface area contributed by atoms with E-state index < -0.39 is 5.54 Å². The maximum absolute atomic E-state index is 12.3. The minimum Gasteiger partial charge on any atom is -0.350 e. The Balaban J connectivity index is 1.81. The van der Waals surface area contributed by atoms with Crippen molar-refractivity contribution in [2.75, 3.05) is 19.6 Å². The summed E-state index contributed by atoms with van der Waals surface area (Å²) in [5.74, 6) is 0.0934. The number of benzene rings is 1. The van der Waals surface area contributed by atoms with Gasteiger partial charge in [0, 0.05) is 25.7 Å². The Kier molecular flexibility index (Phi) is 5.37. The molecule has 0 aromatic heterocycles. The summed E-state index contributed by atoms with van der Waals surface area (Å²) in [5.41, 5.74) is 0.833. The third-order valence-corrected chi connectivity index (χ3v) is 4.04. The van der Waals surface area contributed by atoms with Gasteiger partial charge in [-0.3, -0.25) is 9.69 Å². The second-order valence-electron chi connectivity index (χ2n) is 6.34. The zero-order valence-corrected chi connectivity index (χ0v) is 13.4. The van der Waals surface area contributed by atoms with Gasteiger partial charge < -0.3 is 10.6 Å². The van der Waals surface area contributed by atoms with Gasteiger partial charge in [0.05, 0.1) is 5.54 Å². The lowest BCUT2D eigenvalue weighted by atomic mass is 10.0. The predicted molar refractivity (Wildman–Crippen MR) is 86.0 cm³/mol. The van der Waals surface area contributed by atoms with Crippen LogP contribution in [0.3, 0.4) is 0 Å². The molecular weight excluding hydrogens is 262 g/mol. The van der Waals surface area contributed by atoms with Crippen LogP contribution in [0.5, 0.6) is 0 Å². The van der Waals surface area contributed by atoms with Gasteiger partial charge in [-0.05, 0) is 32.4 Å². The zero-order valence-electron chi connectivity index (χ0n) is 13.4. The summed E-state index contributed by atoms with van der Waals surface area (Å²) in [6, 6.07) is 10.8. The molecule has 1 aliphatic rings. The molecule has 2 N–H and O–H groups in total. The molecule has 4 heteroatoms. The highest BCUT2D eigenvalue weighted by atomic mass is 16.2. The first-order valence-electron chi connectivity index (χ1n) is 7.83. The summed E-state index contributed by atoms with van der Waals surface area (Å²) < 4.78 is 0. The van der Waals surface area contributed by atoms with E-state index in [0.717, 1.165) is 32.6 Å². The Morgan fingerprint density at radius 3 is 2.71 bits per heavy atom. The van der Waals surface area contributed by atoms with Crippen LogP contribution in [-0.4, -0.2) is 42.0 Å². The van der Waals surface area contributed by atoms with Crippen molar-refractivity contribution in [3.63, 3.8) is 0 Å². The van der Waals surface area contributed by atoms with Crippen LogP contribution in [0, 0.1) is 0 Å². The molecule has 1 saturated heterocycles. The number of hydrogen-bond acceptors (Lipinski definition) is 3. The molecule has 1 atom stereocenters. The molecule has 1 aromatic rings. The van der Waals surface area contributed by atoms with Gasteiger partial charge in [0.1, 0.15) is 0 Å². The summed E-state index contributed by atoms with van der Waals surface area (Å²) in [7, 11) is 0. The van der Waals surface area contributed by atoms with E-state index >= 15 is 0 Å². The summed E-state index contributed by atoms with van der Waals surface area (Å²) in [6.45, 7) is 9.62. The molecule has 2 rings (SSSR count). The predicted octanol–water partition coefficient (Wildman–Crippen LogP) is 1.77. The van der Waals surface area contributed by atoms with Gasteiger partial charge in [-0.2, -0.15) is 0 Å². The van der Waals surface area contributed by atoms with Crippen molar-refractivity contribution in [2.45, 2.75) is 45.3 Å². The first-order chi connectivity index (χ1) is 10.0. The number of likely N-dealkylation sites (N-methyl/N-ethyl adjacent to an activating group) is 1. The highest BCUT2D eigenvalue weighted by Crippen LogP contribution is 2.14. The van der Waals surface area contributed by atoms with Crippen molar-refractivity contribution in [1.29, 1.82) is 0 Å². The van der Waals surface area contributed by atoms with E-state index in [2.05, 4.69) is 39.8 Å². The van der Waals surface area contributed by atoms with Crippen molar-refractivity contribution in [2.24, 2.45) is 0 Å². The van der Waals surface area contributed by atoms with Crippen LogP contribution in [0.15, 0.2) is 30.3 Å². The first kappa shape index (κ1) is 16.0. The highest BCUT2D eigenvalue weighted by molar-refractivity contribution is 5.85. The number of amides is 1. The van der Waals surface area contributed by atoms with E-state index in [1.165, 1.54) is 5.56 Å². The minimum absolute atomic E-state index is 0.0934. The largest absolute Gasteiger partial charge is 0.350 e. The van der Waals surface area contributed by atoms with Gasteiger partial charge in [0.2, 0.25) is 5.91 Å². The maximum Gasteiger partial charge on any atom is 0.239 e. The van der Waals surface area contributed by atoms with Crippen LogP contribution in [0.25, 0.3) is 0 Å². The Labute approximate surface area is 127 Å². The van der Waals surface area contributed by atoms with E-state index in [1.807, 2.05) is 26.8 Å². The normalized spacial score (nSPS) is 19.7. The molecule has 4 nitrogen and oxygen atoms in total. The van der Waals surface area contributed by atoms with Crippen molar-refractivity contribution >= 4 is 5.91 Å². The van der Waals surface area contributed by atoms with Crippen LogP contribution in [-0.2, 0) is 11.3 Å². The second-order valence-corrected chi connectivity index (χ2v) is 6.34. The summed E-state index contributed by atoms with van der Waals surface area (Å²) in [6.07, 6.45) is 1.03. The molecule has 0 radical (unpaired) electrons. The number of carbonyl (C=O) groups is 1. The highest BCUT2D eigenvalue weighted by Gasteiger charge is 2.30. The molecule has 1 fully saturated rings. The molecule has 1 unspecified atom stereocenters. The van der Waals surface area contributed by atoms with Crippen LogP contribution >= 0.6 is 0 Å². The standard InChI is InChI=1S/C17H27N3O/c1-4-18-17(2,3)16(21)19-15-10-11-20(13-15)12-14-8-6-5-7-9-14/h5-9,15,18H,4,10-13H2,1-3H3,(H,19,21). The summed E-state index contributed by atoms with van der Waals surface area (Å²) in [5, 5.41) is 6.40. The van der Waals surface area contributed by atoms with Crippen LogP contribution in [0.2, 0.25) is 0 Å². The molecular formula is C17H27N3O. The Bertz CT molecular complexity index is 458. The van der Waals surface area contributed by atoms with Gasteiger partial charge in [-0.1, -0.05) is 37.3 Å². The van der Waals surface area contributed by atoms with Gasteiger partial charge in [0.25, 0.3) is 0 Å². The topological polar surface area (TPSA) is 44.4 Å². The van der Waals surface area contributed by atoms with Gasteiger partial charge in [0.15, 0.2) is 0 Å². The summed E-state index contributed by atoms with van der Waals surface area (Å²) >= 11 is 0. The van der Waals surface area contributed by atoms with E-state index in [4.69, 9.17) is 0 Å².